The lowest BCUT2D eigenvalue weighted by Gasteiger charge is -2.08. The molecule has 1 amide bonds. The summed E-state index contributed by atoms with van der Waals surface area (Å²) >= 11 is 0. The van der Waals surface area contributed by atoms with Gasteiger partial charge in [0.05, 0.1) is 4.92 Å². The fourth-order valence-corrected chi connectivity index (χ4v) is 1.54. The maximum Gasteiger partial charge on any atom is 0.307 e. The molecule has 0 saturated heterocycles. The molecule has 0 aliphatic heterocycles. The van der Waals surface area contributed by atoms with Gasteiger partial charge in [-0.3, -0.25) is 19.6 Å². The Morgan fingerprint density at radius 3 is 2.36 bits per heavy atom. The van der Waals surface area contributed by atoms with Crippen molar-refractivity contribution in [2.75, 3.05) is 5.32 Å². The third-order valence-electron chi connectivity index (χ3n) is 2.51. The number of hydrogen-bond donors (Lipinski definition) is 1. The van der Waals surface area contributed by atoms with Crippen LogP contribution in [-0.4, -0.2) is 20.6 Å². The molecule has 0 aliphatic rings. The van der Waals surface area contributed by atoms with E-state index >= 15 is 0 Å². The predicted octanol–water partition coefficient (Wildman–Crippen LogP) is 1.99. The summed E-state index contributed by atoms with van der Waals surface area (Å²) in [5.41, 5.74) is -1.69. The number of nitro groups is 1. The molecule has 0 bridgehead atoms. The van der Waals surface area contributed by atoms with Crippen molar-refractivity contribution in [1.29, 1.82) is 0 Å². The van der Waals surface area contributed by atoms with Gasteiger partial charge in [-0.2, -0.15) is 5.10 Å². The number of halogens is 4. The van der Waals surface area contributed by atoms with E-state index in [2.05, 4.69) is 5.10 Å². The van der Waals surface area contributed by atoms with E-state index in [-0.39, 0.29) is 6.07 Å². The molecular weight excluding hydrogens is 312 g/mol. The molecule has 0 fully saturated rings. The number of nitrogens with one attached hydrogen (secondary N) is 1. The lowest BCUT2D eigenvalue weighted by molar-refractivity contribution is -0.385. The summed E-state index contributed by atoms with van der Waals surface area (Å²) < 4.78 is 53.4. The first-order valence-electron chi connectivity index (χ1n) is 5.59. The van der Waals surface area contributed by atoms with E-state index in [9.17, 15) is 32.5 Å². The summed E-state index contributed by atoms with van der Waals surface area (Å²) in [4.78, 5) is 21.2. The number of rotatable bonds is 4. The second-order valence-corrected chi connectivity index (χ2v) is 4.04. The van der Waals surface area contributed by atoms with Gasteiger partial charge in [0.1, 0.15) is 24.6 Å². The topological polar surface area (TPSA) is 90.1 Å². The standard InChI is InChI=1S/C11H6F4N4O3/c12-6-1-7(13)10(15)11(9(6)14)17-8(20)4-18-3-5(2-16-18)19(21)22/h1-3H,4H2,(H,17,20). The maximum atomic E-state index is 13.3. The Hall–Kier alpha value is -2.98. The van der Waals surface area contributed by atoms with Crippen LogP contribution in [0, 0.1) is 33.4 Å². The predicted molar refractivity (Wildman–Crippen MR) is 63.8 cm³/mol. The van der Waals surface area contributed by atoms with Crippen molar-refractivity contribution in [3.8, 4) is 0 Å². The van der Waals surface area contributed by atoms with Crippen LogP contribution in [0.4, 0.5) is 28.9 Å². The van der Waals surface area contributed by atoms with Crippen molar-refractivity contribution >= 4 is 17.3 Å². The van der Waals surface area contributed by atoms with Crippen LogP contribution < -0.4 is 5.32 Å². The second kappa shape index (κ2) is 5.79. The molecule has 0 spiro atoms. The zero-order valence-corrected chi connectivity index (χ0v) is 10.5. The number of anilines is 1. The summed E-state index contributed by atoms with van der Waals surface area (Å²) in [5, 5.41) is 15.5. The van der Waals surface area contributed by atoms with Crippen LogP contribution >= 0.6 is 0 Å². The molecular formula is C11H6F4N4O3. The molecule has 11 heteroatoms. The molecule has 2 aromatic rings. The number of carbonyl (C=O) groups is 1. The lowest BCUT2D eigenvalue weighted by Crippen LogP contribution is -2.21. The molecule has 0 atom stereocenters. The van der Waals surface area contributed by atoms with Gasteiger partial charge in [-0.25, -0.2) is 17.6 Å². The first-order valence-corrected chi connectivity index (χ1v) is 5.59. The summed E-state index contributed by atoms with van der Waals surface area (Å²) in [6, 6.07) is -0.00279. The van der Waals surface area contributed by atoms with Crippen LogP contribution in [0.25, 0.3) is 0 Å². The van der Waals surface area contributed by atoms with Gasteiger partial charge in [0.2, 0.25) is 5.91 Å². The molecule has 22 heavy (non-hydrogen) atoms. The van der Waals surface area contributed by atoms with E-state index in [4.69, 9.17) is 0 Å². The van der Waals surface area contributed by atoms with Gasteiger partial charge in [-0.05, 0) is 0 Å². The van der Waals surface area contributed by atoms with Crippen molar-refractivity contribution < 1.29 is 27.3 Å². The number of hydrogen-bond acceptors (Lipinski definition) is 4. The second-order valence-electron chi connectivity index (χ2n) is 4.04. The highest BCUT2D eigenvalue weighted by atomic mass is 19.2. The van der Waals surface area contributed by atoms with E-state index < -0.39 is 52.0 Å². The maximum absolute atomic E-state index is 13.3. The molecule has 1 N–H and O–H groups in total. The van der Waals surface area contributed by atoms with Crippen LogP contribution in [0.2, 0.25) is 0 Å². The minimum atomic E-state index is -1.77. The first-order chi connectivity index (χ1) is 10.3. The molecule has 1 aromatic heterocycles. The van der Waals surface area contributed by atoms with Crippen LogP contribution in [0.5, 0.6) is 0 Å². The Balaban J connectivity index is 2.17. The summed E-state index contributed by atoms with van der Waals surface area (Å²) in [6.07, 6.45) is 1.76. The fourth-order valence-electron chi connectivity index (χ4n) is 1.54. The molecule has 2 rings (SSSR count). The molecule has 0 aliphatic carbocycles. The highest BCUT2D eigenvalue weighted by molar-refractivity contribution is 5.90. The van der Waals surface area contributed by atoms with Gasteiger partial charge in [0.15, 0.2) is 23.3 Å². The Morgan fingerprint density at radius 2 is 1.86 bits per heavy atom. The molecule has 1 aromatic carbocycles. The minimum Gasteiger partial charge on any atom is -0.319 e. The Kier molecular flexibility index (Phi) is 4.06. The summed E-state index contributed by atoms with van der Waals surface area (Å²) in [6.45, 7) is -0.648. The highest BCUT2D eigenvalue weighted by Gasteiger charge is 2.21. The highest BCUT2D eigenvalue weighted by Crippen LogP contribution is 2.24. The van der Waals surface area contributed by atoms with Crippen LogP contribution in [0.15, 0.2) is 18.5 Å². The molecule has 1 heterocycles. The smallest absolute Gasteiger partial charge is 0.307 e. The Morgan fingerprint density at radius 1 is 1.27 bits per heavy atom. The van der Waals surface area contributed by atoms with Crippen LogP contribution in [-0.2, 0) is 11.3 Å². The molecule has 0 saturated carbocycles. The summed E-state index contributed by atoms with van der Waals surface area (Å²) in [5.74, 6) is -7.97. The van der Waals surface area contributed by atoms with Gasteiger partial charge in [-0.1, -0.05) is 0 Å². The van der Waals surface area contributed by atoms with Crippen molar-refractivity contribution in [2.24, 2.45) is 0 Å². The molecule has 0 unspecified atom stereocenters. The van der Waals surface area contributed by atoms with Gasteiger partial charge in [0, 0.05) is 6.07 Å². The number of nitrogens with zero attached hydrogens (tertiary/aromatic N) is 3. The average Bonchev–Trinajstić information content (AvgIpc) is 2.90. The van der Waals surface area contributed by atoms with Gasteiger partial charge in [0.25, 0.3) is 0 Å². The van der Waals surface area contributed by atoms with E-state index in [0.717, 1.165) is 17.1 Å². The van der Waals surface area contributed by atoms with Gasteiger partial charge >= 0.3 is 5.69 Å². The van der Waals surface area contributed by atoms with Crippen LogP contribution in [0.1, 0.15) is 0 Å². The van der Waals surface area contributed by atoms with Crippen molar-refractivity contribution in [2.45, 2.75) is 6.54 Å². The number of carbonyl (C=O) groups excluding carboxylic acids is 1. The fraction of sp³-hybridized carbons (Fsp3) is 0.0909. The third kappa shape index (κ3) is 3.02. The Bertz CT molecular complexity index is 736. The molecule has 0 radical (unpaired) electrons. The van der Waals surface area contributed by atoms with Crippen LogP contribution in [0.3, 0.4) is 0 Å². The Labute approximate surface area is 119 Å². The van der Waals surface area contributed by atoms with E-state index in [0.29, 0.717) is 0 Å². The van der Waals surface area contributed by atoms with Gasteiger partial charge < -0.3 is 5.32 Å². The number of benzene rings is 1. The molecule has 116 valence electrons. The quantitative estimate of drug-likeness (QED) is 0.404. The zero-order valence-electron chi connectivity index (χ0n) is 10.5. The first kappa shape index (κ1) is 15.4. The van der Waals surface area contributed by atoms with Crippen molar-refractivity contribution in [1.82, 2.24) is 9.78 Å². The third-order valence-corrected chi connectivity index (χ3v) is 2.51. The average molecular weight is 318 g/mol. The number of amides is 1. The van der Waals surface area contributed by atoms with Gasteiger partial charge in [-0.15, -0.1) is 0 Å². The van der Waals surface area contributed by atoms with E-state index in [1.165, 1.54) is 0 Å². The zero-order chi connectivity index (χ0) is 16.4. The normalized spacial score (nSPS) is 10.5. The van der Waals surface area contributed by atoms with Crippen molar-refractivity contribution in [3.05, 3.63) is 51.8 Å². The SMILES string of the molecule is O=C(Cn1cc([N+](=O)[O-])cn1)Nc1c(F)c(F)cc(F)c1F. The summed E-state index contributed by atoms with van der Waals surface area (Å²) in [7, 11) is 0. The largest absolute Gasteiger partial charge is 0.319 e. The minimum absolute atomic E-state index is 0.00279. The lowest BCUT2D eigenvalue weighted by atomic mass is 10.2. The van der Waals surface area contributed by atoms with E-state index in [1.54, 1.807) is 5.32 Å². The number of aromatic nitrogens is 2. The van der Waals surface area contributed by atoms with E-state index in [1.807, 2.05) is 0 Å². The van der Waals surface area contributed by atoms with Crippen molar-refractivity contribution in [3.63, 3.8) is 0 Å². The monoisotopic (exact) mass is 318 g/mol. The molecule has 7 nitrogen and oxygen atoms in total.